The highest BCUT2D eigenvalue weighted by molar-refractivity contribution is 7.92. The van der Waals surface area contributed by atoms with Crippen LogP contribution in [0.2, 0.25) is 0 Å². The van der Waals surface area contributed by atoms with Gasteiger partial charge in [-0.05, 0) is 59.3 Å². The summed E-state index contributed by atoms with van der Waals surface area (Å²) < 4.78 is 34.5. The Morgan fingerprint density at radius 1 is 0.844 bits per heavy atom. The first-order valence-corrected chi connectivity index (χ1v) is 11.6. The van der Waals surface area contributed by atoms with E-state index >= 15 is 0 Å². The number of ether oxygens (including phenoxy) is 1. The number of nitrogens with one attached hydrogen (secondary N) is 1. The molecule has 0 saturated carbocycles. The number of anilines is 2. The summed E-state index contributed by atoms with van der Waals surface area (Å²) >= 11 is 0. The van der Waals surface area contributed by atoms with Gasteiger partial charge in [-0.25, -0.2) is 8.42 Å². The molecule has 6 nitrogen and oxygen atoms in total. The largest absolute Gasteiger partial charge is 0.457 e. The normalized spacial score (nSPS) is 13.3. The van der Waals surface area contributed by atoms with Gasteiger partial charge in [0.05, 0.1) is 11.3 Å². The maximum absolute atomic E-state index is 13.0. The summed E-state index contributed by atoms with van der Waals surface area (Å²) in [5.74, 6) is 1.17. The number of carbonyl (C=O) groups excluding carboxylic acids is 1. The third-order valence-electron chi connectivity index (χ3n) is 5.52. The molecule has 7 heteroatoms. The van der Waals surface area contributed by atoms with Crippen molar-refractivity contribution in [3.8, 4) is 11.5 Å². The molecule has 160 valence electrons. The van der Waals surface area contributed by atoms with Crippen LogP contribution in [-0.4, -0.2) is 21.4 Å². The molecule has 0 spiro atoms. The smallest absolute Gasteiger partial charge is 0.262 e. The van der Waals surface area contributed by atoms with E-state index in [1.54, 1.807) is 43.4 Å². The lowest BCUT2D eigenvalue weighted by atomic mass is 10.1. The van der Waals surface area contributed by atoms with E-state index in [0.29, 0.717) is 28.4 Å². The van der Waals surface area contributed by atoms with Crippen LogP contribution in [0.15, 0.2) is 89.8 Å². The van der Waals surface area contributed by atoms with Gasteiger partial charge in [0.1, 0.15) is 11.5 Å². The van der Waals surface area contributed by atoms with Crippen molar-refractivity contribution < 1.29 is 17.9 Å². The second kappa shape index (κ2) is 7.69. The number of hydrogen-bond donors (Lipinski definition) is 1. The Kier molecular flexibility index (Phi) is 4.83. The molecule has 0 bridgehead atoms. The van der Waals surface area contributed by atoms with Gasteiger partial charge in [-0.15, -0.1) is 0 Å². The minimum atomic E-state index is -3.85. The zero-order valence-corrected chi connectivity index (χ0v) is 18.1. The highest BCUT2D eigenvalue weighted by atomic mass is 32.2. The number of sulfonamides is 1. The summed E-state index contributed by atoms with van der Waals surface area (Å²) in [6, 6.07) is 25.5. The van der Waals surface area contributed by atoms with Crippen molar-refractivity contribution >= 4 is 38.1 Å². The lowest BCUT2D eigenvalue weighted by molar-refractivity contribution is -0.117. The molecule has 1 N–H and O–H groups in total. The molecule has 5 rings (SSSR count). The predicted octanol–water partition coefficient (Wildman–Crippen LogP) is 4.95. The molecular weight excluding hydrogens is 424 g/mol. The zero-order valence-electron chi connectivity index (χ0n) is 17.3. The van der Waals surface area contributed by atoms with Crippen LogP contribution in [0.5, 0.6) is 11.5 Å². The monoisotopic (exact) mass is 444 g/mol. The molecular formula is C25H20N2O4S. The Hall–Kier alpha value is -3.84. The SMILES string of the molecule is CN1C(=O)Cc2c1cccc2S(=O)(=O)Nc1ccc(Oc2ccc3ccccc3c2)cc1. The van der Waals surface area contributed by atoms with Gasteiger partial charge in [0.25, 0.3) is 10.0 Å². The molecule has 32 heavy (non-hydrogen) atoms. The highest BCUT2D eigenvalue weighted by Gasteiger charge is 2.30. The number of rotatable bonds is 5. The van der Waals surface area contributed by atoms with Crippen LogP contribution in [0.3, 0.4) is 0 Å². The van der Waals surface area contributed by atoms with Crippen LogP contribution in [-0.2, 0) is 21.2 Å². The fourth-order valence-corrected chi connectivity index (χ4v) is 5.19. The molecule has 0 radical (unpaired) electrons. The Morgan fingerprint density at radius 3 is 2.34 bits per heavy atom. The minimum Gasteiger partial charge on any atom is -0.457 e. The lowest BCUT2D eigenvalue weighted by Crippen LogP contribution is -2.20. The van der Waals surface area contributed by atoms with Crippen molar-refractivity contribution in [1.82, 2.24) is 0 Å². The van der Waals surface area contributed by atoms with Crippen LogP contribution in [0.4, 0.5) is 11.4 Å². The Bertz CT molecular complexity index is 1450. The molecule has 4 aromatic rings. The summed E-state index contributed by atoms with van der Waals surface area (Å²) in [6.45, 7) is 0. The minimum absolute atomic E-state index is 0.0709. The number of amides is 1. The standard InChI is InChI=1S/C25H20N2O4S/c1-27-23-7-4-8-24(22(23)16-25(27)28)32(29,30)26-19-10-13-20(14-11-19)31-21-12-9-17-5-2-3-6-18(17)15-21/h2-15,26H,16H2,1H3. The van der Waals surface area contributed by atoms with Crippen molar-refractivity contribution in [2.45, 2.75) is 11.3 Å². The molecule has 0 saturated heterocycles. The molecule has 1 aliphatic heterocycles. The highest BCUT2D eigenvalue weighted by Crippen LogP contribution is 2.34. The van der Waals surface area contributed by atoms with E-state index in [4.69, 9.17) is 4.74 Å². The number of carbonyl (C=O) groups is 1. The van der Waals surface area contributed by atoms with Crippen LogP contribution in [0.25, 0.3) is 10.8 Å². The van der Waals surface area contributed by atoms with Gasteiger partial charge in [0, 0.05) is 24.0 Å². The van der Waals surface area contributed by atoms with Gasteiger partial charge >= 0.3 is 0 Å². The van der Waals surface area contributed by atoms with Gasteiger partial charge in [0.15, 0.2) is 0 Å². The Morgan fingerprint density at radius 2 is 1.56 bits per heavy atom. The predicted molar refractivity (Wildman–Crippen MR) is 125 cm³/mol. The number of nitrogens with zero attached hydrogens (tertiary/aromatic N) is 1. The van der Waals surface area contributed by atoms with E-state index in [-0.39, 0.29) is 17.2 Å². The number of hydrogen-bond acceptors (Lipinski definition) is 4. The number of likely N-dealkylation sites (N-methyl/N-ethyl adjacent to an activating group) is 1. The molecule has 0 fully saturated rings. The number of fused-ring (bicyclic) bond motifs is 2. The summed E-state index contributed by atoms with van der Waals surface area (Å²) in [5, 5.41) is 2.21. The third-order valence-corrected chi connectivity index (χ3v) is 6.99. The first-order valence-electron chi connectivity index (χ1n) is 10.1. The Balaban J connectivity index is 1.35. The molecule has 0 atom stereocenters. The molecule has 1 amide bonds. The summed E-state index contributed by atoms with van der Waals surface area (Å²) in [4.78, 5) is 13.6. The molecule has 4 aromatic carbocycles. The summed E-state index contributed by atoms with van der Waals surface area (Å²) in [7, 11) is -2.21. The molecule has 0 unspecified atom stereocenters. The maximum Gasteiger partial charge on any atom is 0.262 e. The average Bonchev–Trinajstić information content (AvgIpc) is 3.08. The van der Waals surface area contributed by atoms with E-state index in [9.17, 15) is 13.2 Å². The quantitative estimate of drug-likeness (QED) is 0.473. The van der Waals surface area contributed by atoms with Crippen molar-refractivity contribution in [3.63, 3.8) is 0 Å². The summed E-state index contributed by atoms with van der Waals surface area (Å²) in [5.41, 5.74) is 1.55. The fraction of sp³-hybridized carbons (Fsp3) is 0.0800. The van der Waals surface area contributed by atoms with Crippen molar-refractivity contribution in [2.75, 3.05) is 16.7 Å². The Labute approximate surface area is 186 Å². The third kappa shape index (κ3) is 3.67. The fourth-order valence-electron chi connectivity index (χ4n) is 3.87. The van der Waals surface area contributed by atoms with E-state index in [1.807, 2.05) is 42.5 Å². The van der Waals surface area contributed by atoms with Crippen molar-refractivity contribution in [3.05, 3.63) is 90.5 Å². The van der Waals surface area contributed by atoms with Crippen molar-refractivity contribution in [2.24, 2.45) is 0 Å². The second-order valence-corrected chi connectivity index (χ2v) is 9.28. The van der Waals surface area contributed by atoms with E-state index in [2.05, 4.69) is 4.72 Å². The first kappa shape index (κ1) is 20.1. The van der Waals surface area contributed by atoms with Crippen LogP contribution < -0.4 is 14.4 Å². The molecule has 1 aliphatic rings. The van der Waals surface area contributed by atoms with E-state index < -0.39 is 10.0 Å². The van der Waals surface area contributed by atoms with Gasteiger partial charge in [-0.2, -0.15) is 0 Å². The van der Waals surface area contributed by atoms with Crippen LogP contribution in [0, 0.1) is 0 Å². The van der Waals surface area contributed by atoms with Crippen LogP contribution in [0.1, 0.15) is 5.56 Å². The van der Waals surface area contributed by atoms with Crippen molar-refractivity contribution in [1.29, 1.82) is 0 Å². The summed E-state index contributed by atoms with van der Waals surface area (Å²) in [6.07, 6.45) is 0.0709. The second-order valence-electron chi connectivity index (χ2n) is 7.62. The van der Waals surface area contributed by atoms with Gasteiger partial charge < -0.3 is 9.64 Å². The van der Waals surface area contributed by atoms with Crippen LogP contribution >= 0.6 is 0 Å². The van der Waals surface area contributed by atoms with Gasteiger partial charge in [-0.3, -0.25) is 9.52 Å². The number of benzene rings is 4. The van der Waals surface area contributed by atoms with E-state index in [1.165, 1.54) is 11.0 Å². The topological polar surface area (TPSA) is 75.7 Å². The average molecular weight is 445 g/mol. The maximum atomic E-state index is 13.0. The van der Waals surface area contributed by atoms with Gasteiger partial charge in [0.2, 0.25) is 5.91 Å². The molecule has 0 aliphatic carbocycles. The molecule has 1 heterocycles. The van der Waals surface area contributed by atoms with E-state index in [0.717, 1.165) is 10.8 Å². The lowest BCUT2D eigenvalue weighted by Gasteiger charge is -2.13. The zero-order chi connectivity index (χ0) is 22.3. The van der Waals surface area contributed by atoms with Gasteiger partial charge in [-0.1, -0.05) is 36.4 Å². The molecule has 0 aromatic heterocycles. The first-order chi connectivity index (χ1) is 15.4.